The number of hydrogen-bond donors (Lipinski definition) is 1. The van der Waals surface area contributed by atoms with E-state index in [0.29, 0.717) is 0 Å². The van der Waals surface area contributed by atoms with Crippen LogP contribution in [0.5, 0.6) is 0 Å². The molecule has 80 valence electrons. The zero-order valence-corrected chi connectivity index (χ0v) is 9.78. The van der Waals surface area contributed by atoms with Crippen molar-refractivity contribution < 1.29 is 1.41 Å². The van der Waals surface area contributed by atoms with E-state index in [0.717, 1.165) is 11.4 Å². The van der Waals surface area contributed by atoms with Crippen LogP contribution in [0, 0.1) is 6.92 Å². The van der Waals surface area contributed by atoms with Gasteiger partial charge < -0.3 is 10.2 Å². The maximum absolute atomic E-state index is 7.96. The van der Waals surface area contributed by atoms with Crippen molar-refractivity contribution >= 4 is 5.69 Å². The van der Waals surface area contributed by atoms with E-state index in [1.165, 1.54) is 11.3 Å². The lowest BCUT2D eigenvalue weighted by molar-refractivity contribution is 0.660. The molecule has 1 aliphatic heterocycles. The summed E-state index contributed by atoms with van der Waals surface area (Å²) in [4.78, 5) is 2.22. The Labute approximate surface area is 93.1 Å². The Hall–Kier alpha value is -1.44. The molecule has 1 N–H and O–H groups in total. The van der Waals surface area contributed by atoms with Gasteiger partial charge >= 0.3 is 0 Å². The minimum absolute atomic E-state index is 0.0705. The van der Waals surface area contributed by atoms with E-state index in [4.69, 9.17) is 1.41 Å². The molecule has 1 aliphatic rings. The van der Waals surface area contributed by atoms with Crippen molar-refractivity contribution in [1.29, 1.82) is 0 Å². The van der Waals surface area contributed by atoms with Gasteiger partial charge in [0.15, 0.2) is 1.41 Å². The summed E-state index contributed by atoms with van der Waals surface area (Å²) in [5.74, 6) is 0. The van der Waals surface area contributed by atoms with E-state index in [9.17, 15) is 0 Å². The van der Waals surface area contributed by atoms with E-state index in [1.807, 2.05) is 19.1 Å². The van der Waals surface area contributed by atoms with Gasteiger partial charge in [-0.1, -0.05) is 18.2 Å². The lowest BCUT2D eigenvalue weighted by Gasteiger charge is -2.26. The van der Waals surface area contributed by atoms with E-state index in [1.54, 1.807) is 5.31 Å². The molecule has 15 heavy (non-hydrogen) atoms. The van der Waals surface area contributed by atoms with Crippen LogP contribution in [0.2, 0.25) is 1.41 Å². The van der Waals surface area contributed by atoms with Gasteiger partial charge in [0.05, 0.1) is 0 Å². The number of allylic oxidation sites excluding steroid dienone is 2. The highest BCUT2D eigenvalue weighted by Crippen LogP contribution is 2.29. The number of nitrogens with zero attached hydrogens (tertiary/aromatic N) is 1. The van der Waals surface area contributed by atoms with Gasteiger partial charge in [0, 0.05) is 17.1 Å². The van der Waals surface area contributed by atoms with E-state index < -0.39 is 0 Å². The summed E-state index contributed by atoms with van der Waals surface area (Å²) in [7, 11) is 0. The maximum atomic E-state index is 7.96. The van der Waals surface area contributed by atoms with E-state index in [2.05, 4.69) is 37.8 Å². The van der Waals surface area contributed by atoms with Crippen molar-refractivity contribution in [2.75, 3.05) is 4.90 Å². The van der Waals surface area contributed by atoms with Gasteiger partial charge in [-0.2, -0.15) is 0 Å². The second-order valence-electron chi connectivity index (χ2n) is 4.09. The highest BCUT2D eigenvalue weighted by atomic mass is 15.3. The first kappa shape index (κ1) is 8.84. The highest BCUT2D eigenvalue weighted by molar-refractivity contribution is 5.60. The molecule has 0 aliphatic carbocycles. The molecule has 0 bridgehead atoms. The summed E-state index contributed by atoms with van der Waals surface area (Å²) in [5.41, 5.74) is 4.63. The molecule has 1 heterocycles. The van der Waals surface area contributed by atoms with Crippen LogP contribution >= 0.6 is 0 Å². The first-order valence-electron chi connectivity index (χ1n) is 5.79. The molecule has 0 spiro atoms. The normalized spacial score (nSPS) is 22.4. The van der Waals surface area contributed by atoms with Crippen LogP contribution in [0.4, 0.5) is 5.69 Å². The Morgan fingerprint density at radius 2 is 1.93 bits per heavy atom. The van der Waals surface area contributed by atoms with Crippen molar-refractivity contribution in [3.63, 3.8) is 0 Å². The summed E-state index contributed by atoms with van der Waals surface area (Å²) < 4.78 is 7.96. The molecule has 1 aromatic rings. The fourth-order valence-corrected chi connectivity index (χ4v) is 2.10. The summed E-state index contributed by atoms with van der Waals surface area (Å²) in [6, 6.07) is 8.31. The Bertz CT molecular complexity index is 439. The van der Waals surface area contributed by atoms with Gasteiger partial charge in [0.25, 0.3) is 0 Å². The summed E-state index contributed by atoms with van der Waals surface area (Å²) in [6.45, 7) is 8.24. The minimum Gasteiger partial charge on any atom is -0.367 e. The van der Waals surface area contributed by atoms with Crippen molar-refractivity contribution in [2.45, 2.75) is 33.9 Å². The van der Waals surface area contributed by atoms with Crippen LogP contribution in [0.15, 0.2) is 35.7 Å². The average Bonchev–Trinajstić information content (AvgIpc) is 2.45. The fraction of sp³-hybridized carbons (Fsp3) is 0.385. The lowest BCUT2D eigenvalue weighted by Crippen LogP contribution is -2.34. The first-order valence-corrected chi connectivity index (χ1v) is 5.34. The number of hydrogen-bond acceptors (Lipinski definition) is 2. The molecule has 2 heteroatoms. The zero-order valence-electron chi connectivity index (χ0n) is 10.8. The number of rotatable bonds is 1. The molecule has 2 nitrogen and oxygen atoms in total. The highest BCUT2D eigenvalue weighted by Gasteiger charge is 2.24. The molecule has 0 saturated carbocycles. The lowest BCUT2D eigenvalue weighted by atomic mass is 10.1. The minimum atomic E-state index is 0.0705. The number of nitrogens with one attached hydrogen (secondary N) is 1. The standard InChI is InChI=1S/C13H18N2/c1-9-7-5-6-8-13(9)15-11(3)10(2)14-12(15)4/h5-8,12,14H,1-4H3/i/hD. The summed E-state index contributed by atoms with van der Waals surface area (Å²) in [6.07, 6.45) is 0.0705. The molecule has 1 atom stereocenters. The Kier molecular flexibility index (Phi) is 2.13. The number of benzene rings is 1. The second-order valence-corrected chi connectivity index (χ2v) is 4.09. The molecule has 0 saturated heterocycles. The van der Waals surface area contributed by atoms with Crippen LogP contribution in [-0.2, 0) is 0 Å². The molecular formula is C13H18N2. The van der Waals surface area contributed by atoms with Gasteiger partial charge in [0.1, 0.15) is 6.17 Å². The van der Waals surface area contributed by atoms with Crippen molar-refractivity contribution in [1.82, 2.24) is 5.31 Å². The quantitative estimate of drug-likeness (QED) is 0.754. The van der Waals surface area contributed by atoms with E-state index in [-0.39, 0.29) is 6.17 Å². The fourth-order valence-electron chi connectivity index (χ4n) is 2.10. The topological polar surface area (TPSA) is 15.3 Å². The van der Waals surface area contributed by atoms with Crippen LogP contribution in [0.1, 0.15) is 26.3 Å². The Balaban J connectivity index is 2.47. The predicted molar refractivity (Wildman–Crippen MR) is 64.6 cm³/mol. The molecule has 1 aromatic carbocycles. The Morgan fingerprint density at radius 3 is 2.47 bits per heavy atom. The molecular weight excluding hydrogens is 184 g/mol. The number of anilines is 1. The van der Waals surface area contributed by atoms with Crippen molar-refractivity contribution in [2.24, 2.45) is 0 Å². The third-order valence-electron chi connectivity index (χ3n) is 3.01. The maximum Gasteiger partial charge on any atom is 0.162 e. The monoisotopic (exact) mass is 203 g/mol. The smallest absolute Gasteiger partial charge is 0.162 e. The third kappa shape index (κ3) is 1.60. The molecule has 0 amide bonds. The first-order chi connectivity index (χ1) is 7.54. The number of para-hydroxylation sites is 1. The van der Waals surface area contributed by atoms with Gasteiger partial charge in [0.2, 0.25) is 0 Å². The predicted octanol–water partition coefficient (Wildman–Crippen LogP) is 3.00. The van der Waals surface area contributed by atoms with Crippen LogP contribution < -0.4 is 10.2 Å². The SMILES string of the molecule is [2H]N1C(C)=C(C)N(c2ccccc2C)C1C. The summed E-state index contributed by atoms with van der Waals surface area (Å²) in [5, 5.41) is 1.57. The van der Waals surface area contributed by atoms with Crippen LogP contribution in [0.25, 0.3) is 0 Å². The van der Waals surface area contributed by atoms with Gasteiger partial charge in [-0.25, -0.2) is 0 Å². The largest absolute Gasteiger partial charge is 0.367 e. The van der Waals surface area contributed by atoms with Crippen LogP contribution in [0.3, 0.4) is 0 Å². The third-order valence-corrected chi connectivity index (χ3v) is 3.01. The zero-order chi connectivity index (χ0) is 11.9. The van der Waals surface area contributed by atoms with Gasteiger partial charge in [-0.05, 0) is 39.3 Å². The molecule has 0 aromatic heterocycles. The average molecular weight is 203 g/mol. The molecule has 0 radical (unpaired) electrons. The Morgan fingerprint density at radius 1 is 1.27 bits per heavy atom. The van der Waals surface area contributed by atoms with E-state index >= 15 is 0 Å². The number of aryl methyl sites for hydroxylation is 1. The van der Waals surface area contributed by atoms with Gasteiger partial charge in [-0.3, -0.25) is 0 Å². The molecule has 1 unspecified atom stereocenters. The second kappa shape index (κ2) is 3.61. The van der Waals surface area contributed by atoms with Crippen LogP contribution in [-0.4, -0.2) is 6.17 Å². The van der Waals surface area contributed by atoms with Crippen molar-refractivity contribution in [3.05, 3.63) is 41.2 Å². The summed E-state index contributed by atoms with van der Waals surface area (Å²) >= 11 is 0. The van der Waals surface area contributed by atoms with Gasteiger partial charge in [-0.15, -0.1) is 0 Å². The molecule has 2 rings (SSSR count). The van der Waals surface area contributed by atoms with Crippen molar-refractivity contribution in [3.8, 4) is 0 Å². The molecule has 0 fully saturated rings.